The standard InChI is InChI=1S/C14H29NO/c1-5-7-11(3)14(15-9-6-2)13-8-10-16-12(13)4/h11-15H,5-10H2,1-4H3. The van der Waals surface area contributed by atoms with E-state index in [1.54, 1.807) is 0 Å². The van der Waals surface area contributed by atoms with E-state index >= 15 is 0 Å². The van der Waals surface area contributed by atoms with Crippen LogP contribution in [-0.4, -0.2) is 25.3 Å². The van der Waals surface area contributed by atoms with Crippen molar-refractivity contribution in [1.29, 1.82) is 0 Å². The molecule has 1 fully saturated rings. The minimum atomic E-state index is 0.439. The van der Waals surface area contributed by atoms with Crippen molar-refractivity contribution in [3.8, 4) is 0 Å². The highest BCUT2D eigenvalue weighted by Gasteiger charge is 2.33. The topological polar surface area (TPSA) is 21.3 Å². The largest absolute Gasteiger partial charge is 0.378 e. The predicted octanol–water partition coefficient (Wildman–Crippen LogP) is 3.22. The zero-order chi connectivity index (χ0) is 12.0. The van der Waals surface area contributed by atoms with E-state index in [0.717, 1.165) is 19.1 Å². The van der Waals surface area contributed by atoms with Crippen LogP contribution >= 0.6 is 0 Å². The van der Waals surface area contributed by atoms with E-state index in [1.807, 2.05) is 0 Å². The molecule has 0 aromatic heterocycles. The highest BCUT2D eigenvalue weighted by molar-refractivity contribution is 4.87. The Balaban J connectivity index is 2.54. The van der Waals surface area contributed by atoms with Crippen molar-refractivity contribution in [3.05, 3.63) is 0 Å². The number of rotatable bonds is 7. The third kappa shape index (κ3) is 3.74. The Labute approximate surface area is 101 Å². The van der Waals surface area contributed by atoms with Gasteiger partial charge in [-0.05, 0) is 38.6 Å². The van der Waals surface area contributed by atoms with Gasteiger partial charge in [0.05, 0.1) is 6.10 Å². The second kappa shape index (κ2) is 7.29. The van der Waals surface area contributed by atoms with Crippen LogP contribution < -0.4 is 5.32 Å². The number of hydrogen-bond acceptors (Lipinski definition) is 2. The zero-order valence-electron chi connectivity index (χ0n) is 11.5. The summed E-state index contributed by atoms with van der Waals surface area (Å²) in [6, 6.07) is 0.650. The molecule has 1 saturated heterocycles. The summed E-state index contributed by atoms with van der Waals surface area (Å²) in [5, 5.41) is 3.75. The van der Waals surface area contributed by atoms with Gasteiger partial charge < -0.3 is 10.1 Å². The molecule has 0 aromatic carbocycles. The van der Waals surface area contributed by atoms with E-state index in [1.165, 1.54) is 25.7 Å². The van der Waals surface area contributed by atoms with Gasteiger partial charge in [-0.15, -0.1) is 0 Å². The monoisotopic (exact) mass is 227 g/mol. The van der Waals surface area contributed by atoms with Crippen LogP contribution in [0.5, 0.6) is 0 Å². The van der Waals surface area contributed by atoms with Crippen molar-refractivity contribution in [2.24, 2.45) is 11.8 Å². The molecule has 1 rings (SSSR count). The Morgan fingerprint density at radius 2 is 2.06 bits per heavy atom. The molecule has 2 nitrogen and oxygen atoms in total. The first-order valence-corrected chi connectivity index (χ1v) is 7.05. The lowest BCUT2D eigenvalue weighted by atomic mass is 9.83. The minimum Gasteiger partial charge on any atom is -0.378 e. The molecule has 4 atom stereocenters. The van der Waals surface area contributed by atoms with Gasteiger partial charge in [-0.2, -0.15) is 0 Å². The minimum absolute atomic E-state index is 0.439. The van der Waals surface area contributed by atoms with E-state index in [9.17, 15) is 0 Å². The van der Waals surface area contributed by atoms with Gasteiger partial charge in [0.25, 0.3) is 0 Å². The van der Waals surface area contributed by atoms with Crippen LogP contribution in [0.15, 0.2) is 0 Å². The average molecular weight is 227 g/mol. The smallest absolute Gasteiger partial charge is 0.0590 e. The van der Waals surface area contributed by atoms with Crippen molar-refractivity contribution in [2.45, 2.75) is 65.5 Å². The molecule has 0 aromatic rings. The van der Waals surface area contributed by atoms with Crippen molar-refractivity contribution in [3.63, 3.8) is 0 Å². The molecular weight excluding hydrogens is 198 g/mol. The highest BCUT2D eigenvalue weighted by Crippen LogP contribution is 2.29. The fourth-order valence-corrected chi connectivity index (χ4v) is 2.94. The Bertz CT molecular complexity index is 184. The number of hydrogen-bond donors (Lipinski definition) is 1. The highest BCUT2D eigenvalue weighted by atomic mass is 16.5. The molecule has 0 saturated carbocycles. The van der Waals surface area contributed by atoms with E-state index in [-0.39, 0.29) is 0 Å². The van der Waals surface area contributed by atoms with Crippen LogP contribution in [0.25, 0.3) is 0 Å². The quantitative estimate of drug-likeness (QED) is 0.721. The van der Waals surface area contributed by atoms with Gasteiger partial charge in [0, 0.05) is 18.6 Å². The third-order valence-electron chi connectivity index (χ3n) is 3.88. The van der Waals surface area contributed by atoms with E-state index < -0.39 is 0 Å². The molecule has 1 aliphatic rings. The van der Waals surface area contributed by atoms with Crippen LogP contribution in [0, 0.1) is 11.8 Å². The lowest BCUT2D eigenvalue weighted by molar-refractivity contribution is 0.0868. The summed E-state index contributed by atoms with van der Waals surface area (Å²) in [6.45, 7) is 11.2. The summed E-state index contributed by atoms with van der Waals surface area (Å²) in [5.74, 6) is 1.48. The van der Waals surface area contributed by atoms with Gasteiger partial charge in [0.15, 0.2) is 0 Å². The SMILES string of the molecule is CCCNC(C(C)CCC)C1CCOC1C. The molecule has 1 aliphatic heterocycles. The molecule has 2 heteroatoms. The summed E-state index contributed by atoms with van der Waals surface area (Å²) >= 11 is 0. The maximum Gasteiger partial charge on any atom is 0.0590 e. The third-order valence-corrected chi connectivity index (χ3v) is 3.88. The normalized spacial score (nSPS) is 29.2. The summed E-state index contributed by atoms with van der Waals surface area (Å²) in [4.78, 5) is 0. The van der Waals surface area contributed by atoms with Gasteiger partial charge >= 0.3 is 0 Å². The predicted molar refractivity (Wildman–Crippen MR) is 69.7 cm³/mol. The van der Waals surface area contributed by atoms with Crippen LogP contribution in [0.4, 0.5) is 0 Å². The molecule has 0 bridgehead atoms. The fourth-order valence-electron chi connectivity index (χ4n) is 2.94. The summed E-state index contributed by atoms with van der Waals surface area (Å²) < 4.78 is 5.71. The summed E-state index contributed by atoms with van der Waals surface area (Å²) in [7, 11) is 0. The Morgan fingerprint density at radius 3 is 2.56 bits per heavy atom. The molecule has 1 heterocycles. The van der Waals surface area contributed by atoms with Crippen LogP contribution in [0.2, 0.25) is 0 Å². The number of ether oxygens (including phenoxy) is 1. The Kier molecular flexibility index (Phi) is 6.37. The molecule has 0 radical (unpaired) electrons. The second-order valence-corrected chi connectivity index (χ2v) is 5.27. The molecular formula is C14H29NO. The average Bonchev–Trinajstić information content (AvgIpc) is 2.66. The maximum atomic E-state index is 5.71. The number of nitrogens with one attached hydrogen (secondary N) is 1. The van der Waals surface area contributed by atoms with Gasteiger partial charge in [0.1, 0.15) is 0 Å². The molecule has 4 unspecified atom stereocenters. The molecule has 0 amide bonds. The second-order valence-electron chi connectivity index (χ2n) is 5.27. The Hall–Kier alpha value is -0.0800. The summed E-state index contributed by atoms with van der Waals surface area (Å²) in [5.41, 5.74) is 0. The molecule has 0 spiro atoms. The molecule has 16 heavy (non-hydrogen) atoms. The molecule has 1 N–H and O–H groups in total. The van der Waals surface area contributed by atoms with Gasteiger partial charge in [-0.3, -0.25) is 0 Å². The first kappa shape index (κ1) is 14.0. The van der Waals surface area contributed by atoms with Crippen molar-refractivity contribution in [1.82, 2.24) is 5.32 Å². The van der Waals surface area contributed by atoms with Crippen LogP contribution in [0.3, 0.4) is 0 Å². The van der Waals surface area contributed by atoms with Gasteiger partial charge in [0.2, 0.25) is 0 Å². The molecule has 0 aliphatic carbocycles. The van der Waals surface area contributed by atoms with Crippen molar-refractivity contribution >= 4 is 0 Å². The zero-order valence-corrected chi connectivity index (χ0v) is 11.5. The Morgan fingerprint density at radius 1 is 1.31 bits per heavy atom. The van der Waals surface area contributed by atoms with Crippen LogP contribution in [0.1, 0.15) is 53.4 Å². The first-order valence-electron chi connectivity index (χ1n) is 7.05. The lowest BCUT2D eigenvalue weighted by Crippen LogP contribution is -2.44. The van der Waals surface area contributed by atoms with Crippen LogP contribution in [-0.2, 0) is 4.74 Å². The maximum absolute atomic E-state index is 5.71. The lowest BCUT2D eigenvalue weighted by Gasteiger charge is -2.32. The van der Waals surface area contributed by atoms with Crippen molar-refractivity contribution in [2.75, 3.05) is 13.2 Å². The van der Waals surface area contributed by atoms with E-state index in [4.69, 9.17) is 4.74 Å². The van der Waals surface area contributed by atoms with E-state index in [0.29, 0.717) is 18.1 Å². The fraction of sp³-hybridized carbons (Fsp3) is 1.00. The van der Waals surface area contributed by atoms with Gasteiger partial charge in [-0.25, -0.2) is 0 Å². The summed E-state index contributed by atoms with van der Waals surface area (Å²) in [6.07, 6.45) is 5.50. The van der Waals surface area contributed by atoms with Crippen molar-refractivity contribution < 1.29 is 4.74 Å². The molecule has 96 valence electrons. The first-order chi connectivity index (χ1) is 7.70. The van der Waals surface area contributed by atoms with Gasteiger partial charge in [-0.1, -0.05) is 27.2 Å². The van der Waals surface area contributed by atoms with E-state index in [2.05, 4.69) is 33.0 Å².